The highest BCUT2D eigenvalue weighted by molar-refractivity contribution is 6.31. The van der Waals surface area contributed by atoms with Crippen LogP contribution in [0.25, 0.3) is 0 Å². The topological polar surface area (TPSA) is 38.0 Å². The molecule has 0 bridgehead atoms. The van der Waals surface area contributed by atoms with Gasteiger partial charge in [-0.05, 0) is 24.7 Å². The van der Waals surface area contributed by atoms with Crippen LogP contribution in [0, 0.1) is 11.3 Å². The lowest BCUT2D eigenvalue weighted by Crippen LogP contribution is -2.21. The molecule has 0 fully saturated rings. The number of hydrogen-bond donors (Lipinski definition) is 1. The maximum Gasteiger partial charge on any atom is 0.0974 e. The standard InChI is InChI=1S/C13H23ClN2O/c1-6-16-12(10(14)8-15-16)11(17)7-9(2)13(3,4)5/h8-9,11,17H,6-7H2,1-5H3. The number of hydrogen-bond acceptors (Lipinski definition) is 2. The van der Waals surface area contributed by atoms with E-state index in [-0.39, 0.29) is 5.41 Å². The molecule has 0 saturated heterocycles. The Morgan fingerprint density at radius 1 is 1.47 bits per heavy atom. The smallest absolute Gasteiger partial charge is 0.0974 e. The number of aryl methyl sites for hydroxylation is 1. The van der Waals surface area contributed by atoms with Crippen molar-refractivity contribution in [1.82, 2.24) is 9.78 Å². The van der Waals surface area contributed by atoms with Gasteiger partial charge in [0.15, 0.2) is 0 Å². The van der Waals surface area contributed by atoms with Crippen molar-refractivity contribution in [3.05, 3.63) is 16.9 Å². The van der Waals surface area contributed by atoms with Crippen LogP contribution in [-0.2, 0) is 6.54 Å². The molecule has 0 radical (unpaired) electrons. The third-order valence-corrected chi connectivity index (χ3v) is 3.79. The Hall–Kier alpha value is -0.540. The van der Waals surface area contributed by atoms with Gasteiger partial charge in [0.05, 0.1) is 23.0 Å². The van der Waals surface area contributed by atoms with Gasteiger partial charge in [-0.1, -0.05) is 39.3 Å². The summed E-state index contributed by atoms with van der Waals surface area (Å²) >= 11 is 6.07. The summed E-state index contributed by atoms with van der Waals surface area (Å²) in [6.07, 6.45) is 1.76. The van der Waals surface area contributed by atoms with Crippen LogP contribution >= 0.6 is 11.6 Å². The predicted molar refractivity (Wildman–Crippen MR) is 71.1 cm³/mol. The Morgan fingerprint density at radius 2 is 2.06 bits per heavy atom. The molecule has 2 unspecified atom stereocenters. The summed E-state index contributed by atoms with van der Waals surface area (Å²) in [6.45, 7) is 11.4. The highest BCUT2D eigenvalue weighted by atomic mass is 35.5. The van der Waals surface area contributed by atoms with E-state index in [2.05, 4.69) is 32.8 Å². The molecule has 0 saturated carbocycles. The van der Waals surface area contributed by atoms with E-state index in [0.29, 0.717) is 17.4 Å². The van der Waals surface area contributed by atoms with Crippen molar-refractivity contribution in [1.29, 1.82) is 0 Å². The maximum absolute atomic E-state index is 10.3. The molecular weight excluding hydrogens is 236 g/mol. The van der Waals surface area contributed by atoms with Crippen molar-refractivity contribution in [2.45, 2.75) is 53.7 Å². The van der Waals surface area contributed by atoms with E-state index >= 15 is 0 Å². The Balaban J connectivity index is 2.83. The van der Waals surface area contributed by atoms with Crippen LogP contribution < -0.4 is 0 Å². The molecule has 98 valence electrons. The zero-order chi connectivity index (χ0) is 13.2. The molecule has 1 aromatic heterocycles. The van der Waals surface area contributed by atoms with Crippen LogP contribution in [0.1, 0.15) is 52.8 Å². The van der Waals surface area contributed by atoms with Gasteiger partial charge in [-0.25, -0.2) is 0 Å². The molecule has 1 N–H and O–H groups in total. The second-order valence-corrected chi connectivity index (χ2v) is 6.12. The summed E-state index contributed by atoms with van der Waals surface area (Å²) in [7, 11) is 0. The van der Waals surface area contributed by atoms with E-state index < -0.39 is 6.10 Å². The molecular formula is C13H23ClN2O. The first kappa shape index (κ1) is 14.5. The fourth-order valence-electron chi connectivity index (χ4n) is 1.76. The summed E-state index contributed by atoms with van der Waals surface area (Å²) in [5.41, 5.74) is 0.926. The van der Waals surface area contributed by atoms with Crippen LogP contribution in [0.15, 0.2) is 6.20 Å². The molecule has 0 spiro atoms. The molecule has 2 atom stereocenters. The first-order chi connectivity index (χ1) is 7.77. The quantitative estimate of drug-likeness (QED) is 0.895. The third kappa shape index (κ3) is 3.46. The predicted octanol–water partition coefficient (Wildman–Crippen LogP) is 3.66. The molecule has 0 aliphatic carbocycles. The van der Waals surface area contributed by atoms with Crippen molar-refractivity contribution >= 4 is 11.6 Å². The Kier molecular flexibility index (Phi) is 4.62. The summed E-state index contributed by atoms with van der Waals surface area (Å²) in [5, 5.41) is 15.0. The molecule has 4 heteroatoms. The zero-order valence-corrected chi connectivity index (χ0v) is 12.1. The van der Waals surface area contributed by atoms with Gasteiger partial charge in [0.25, 0.3) is 0 Å². The van der Waals surface area contributed by atoms with Crippen LogP contribution in [-0.4, -0.2) is 14.9 Å². The van der Waals surface area contributed by atoms with Gasteiger partial charge >= 0.3 is 0 Å². The molecule has 1 aromatic rings. The second kappa shape index (κ2) is 5.40. The lowest BCUT2D eigenvalue weighted by molar-refractivity contribution is 0.103. The van der Waals surface area contributed by atoms with Crippen molar-refractivity contribution < 1.29 is 5.11 Å². The molecule has 3 nitrogen and oxygen atoms in total. The highest BCUT2D eigenvalue weighted by Crippen LogP contribution is 2.35. The molecule has 0 aromatic carbocycles. The van der Waals surface area contributed by atoms with Gasteiger partial charge in [0.1, 0.15) is 0 Å². The molecule has 17 heavy (non-hydrogen) atoms. The fraction of sp³-hybridized carbons (Fsp3) is 0.769. The van der Waals surface area contributed by atoms with Gasteiger partial charge < -0.3 is 5.11 Å². The fourth-order valence-corrected chi connectivity index (χ4v) is 2.02. The van der Waals surface area contributed by atoms with E-state index in [0.717, 1.165) is 12.2 Å². The van der Waals surface area contributed by atoms with Crippen molar-refractivity contribution in [3.63, 3.8) is 0 Å². The Bertz CT molecular complexity index is 368. The molecule has 0 aliphatic rings. The maximum atomic E-state index is 10.3. The normalized spacial score (nSPS) is 15.9. The molecule has 0 aliphatic heterocycles. The van der Waals surface area contributed by atoms with Gasteiger partial charge in [-0.15, -0.1) is 0 Å². The van der Waals surface area contributed by atoms with Crippen molar-refractivity contribution in [2.75, 3.05) is 0 Å². The Morgan fingerprint density at radius 3 is 2.53 bits per heavy atom. The van der Waals surface area contributed by atoms with Crippen molar-refractivity contribution in [3.8, 4) is 0 Å². The highest BCUT2D eigenvalue weighted by Gasteiger charge is 2.26. The van der Waals surface area contributed by atoms with Gasteiger partial charge in [0.2, 0.25) is 0 Å². The number of rotatable bonds is 4. The zero-order valence-electron chi connectivity index (χ0n) is 11.4. The monoisotopic (exact) mass is 258 g/mol. The van der Waals surface area contributed by atoms with Gasteiger partial charge in [-0.2, -0.15) is 5.10 Å². The number of halogens is 1. The lowest BCUT2D eigenvalue weighted by Gasteiger charge is -2.29. The minimum atomic E-state index is -0.542. The first-order valence-electron chi connectivity index (χ1n) is 6.16. The molecule has 1 rings (SSSR count). The van der Waals surface area contributed by atoms with E-state index in [1.807, 2.05) is 6.92 Å². The summed E-state index contributed by atoms with van der Waals surface area (Å²) in [4.78, 5) is 0. The largest absolute Gasteiger partial charge is 0.387 e. The average molecular weight is 259 g/mol. The summed E-state index contributed by atoms with van der Waals surface area (Å²) < 4.78 is 1.77. The van der Waals surface area contributed by atoms with Gasteiger partial charge in [-0.3, -0.25) is 4.68 Å². The van der Waals surface area contributed by atoms with Crippen LogP contribution in [0.5, 0.6) is 0 Å². The summed E-state index contributed by atoms with van der Waals surface area (Å²) in [6, 6.07) is 0. The SMILES string of the molecule is CCn1ncc(Cl)c1C(O)CC(C)C(C)(C)C. The average Bonchev–Trinajstić information content (AvgIpc) is 2.57. The number of aliphatic hydroxyl groups is 1. The van der Waals surface area contributed by atoms with E-state index in [9.17, 15) is 5.11 Å². The van der Waals surface area contributed by atoms with Crippen LogP contribution in [0.3, 0.4) is 0 Å². The van der Waals surface area contributed by atoms with Crippen LogP contribution in [0.2, 0.25) is 5.02 Å². The first-order valence-corrected chi connectivity index (χ1v) is 6.54. The van der Waals surface area contributed by atoms with Gasteiger partial charge in [0, 0.05) is 6.54 Å². The Labute approximate surface area is 109 Å². The van der Waals surface area contributed by atoms with E-state index in [4.69, 9.17) is 11.6 Å². The van der Waals surface area contributed by atoms with E-state index in [1.54, 1.807) is 10.9 Å². The number of nitrogens with zero attached hydrogens (tertiary/aromatic N) is 2. The number of aromatic nitrogens is 2. The van der Waals surface area contributed by atoms with Crippen LogP contribution in [0.4, 0.5) is 0 Å². The molecule has 1 heterocycles. The van der Waals surface area contributed by atoms with E-state index in [1.165, 1.54) is 0 Å². The minimum absolute atomic E-state index is 0.185. The van der Waals surface area contributed by atoms with Crippen molar-refractivity contribution in [2.24, 2.45) is 11.3 Å². The minimum Gasteiger partial charge on any atom is -0.387 e. The molecule has 0 amide bonds. The number of aliphatic hydroxyl groups excluding tert-OH is 1. The second-order valence-electron chi connectivity index (χ2n) is 5.71. The summed E-state index contributed by atoms with van der Waals surface area (Å²) in [5.74, 6) is 0.411. The third-order valence-electron chi connectivity index (χ3n) is 3.50. The lowest BCUT2D eigenvalue weighted by atomic mass is 9.78.